The van der Waals surface area contributed by atoms with Crippen molar-refractivity contribution in [2.24, 2.45) is 0 Å². The summed E-state index contributed by atoms with van der Waals surface area (Å²) < 4.78 is 1.55. The first-order valence-corrected chi connectivity index (χ1v) is 7.12. The second kappa shape index (κ2) is 5.85. The molecular formula is C18H16N2O2. The average Bonchev–Trinajstić information content (AvgIpc) is 2.56. The monoisotopic (exact) mass is 292 g/mol. The molecule has 4 nitrogen and oxygen atoms in total. The molecule has 2 aromatic carbocycles. The number of nitrogens with zero attached hydrogens (tertiary/aromatic N) is 1. The Kier molecular flexibility index (Phi) is 3.74. The number of aromatic amines is 1. The summed E-state index contributed by atoms with van der Waals surface area (Å²) in [7, 11) is 0. The molecule has 0 aliphatic carbocycles. The Morgan fingerprint density at radius 1 is 0.909 bits per heavy atom. The molecule has 4 heteroatoms. The number of nitrogens with one attached hydrogen (secondary N) is 1. The van der Waals surface area contributed by atoms with E-state index in [4.69, 9.17) is 0 Å². The highest BCUT2D eigenvalue weighted by Gasteiger charge is 2.13. The fraction of sp³-hybridized carbons (Fsp3) is 0.111. The largest absolute Gasteiger partial charge is 0.328 e. The maximum atomic E-state index is 12.1. The summed E-state index contributed by atoms with van der Waals surface area (Å²) in [4.78, 5) is 26.6. The van der Waals surface area contributed by atoms with Gasteiger partial charge in [-0.2, -0.15) is 0 Å². The highest BCUT2D eigenvalue weighted by Crippen LogP contribution is 2.18. The van der Waals surface area contributed by atoms with Gasteiger partial charge < -0.3 is 0 Å². The van der Waals surface area contributed by atoms with Crippen molar-refractivity contribution >= 4 is 0 Å². The van der Waals surface area contributed by atoms with Gasteiger partial charge in [-0.1, -0.05) is 60.7 Å². The van der Waals surface area contributed by atoms with E-state index in [1.807, 2.05) is 67.6 Å². The quantitative estimate of drug-likeness (QED) is 0.807. The molecule has 0 fully saturated rings. The Bertz CT molecular complexity index is 880. The van der Waals surface area contributed by atoms with Gasteiger partial charge in [0, 0.05) is 6.20 Å². The van der Waals surface area contributed by atoms with Crippen LogP contribution in [0.5, 0.6) is 0 Å². The second-order valence-electron chi connectivity index (χ2n) is 5.16. The lowest BCUT2D eigenvalue weighted by Crippen LogP contribution is -2.32. The highest BCUT2D eigenvalue weighted by molar-refractivity contribution is 5.61. The Balaban J connectivity index is 2.14. The van der Waals surface area contributed by atoms with Crippen LogP contribution in [0.1, 0.15) is 18.5 Å². The van der Waals surface area contributed by atoms with Gasteiger partial charge in [0.05, 0.1) is 11.6 Å². The first-order chi connectivity index (χ1) is 10.7. The van der Waals surface area contributed by atoms with Crippen LogP contribution in [0, 0.1) is 0 Å². The van der Waals surface area contributed by atoms with Gasteiger partial charge >= 0.3 is 5.69 Å². The number of H-pyrrole nitrogens is 1. The molecule has 0 saturated heterocycles. The van der Waals surface area contributed by atoms with E-state index in [1.54, 1.807) is 10.8 Å². The van der Waals surface area contributed by atoms with Crippen molar-refractivity contribution in [3.63, 3.8) is 0 Å². The van der Waals surface area contributed by atoms with Gasteiger partial charge in [-0.05, 0) is 18.1 Å². The van der Waals surface area contributed by atoms with E-state index in [1.165, 1.54) is 0 Å². The number of rotatable bonds is 3. The molecule has 22 heavy (non-hydrogen) atoms. The van der Waals surface area contributed by atoms with E-state index >= 15 is 0 Å². The van der Waals surface area contributed by atoms with E-state index in [2.05, 4.69) is 4.98 Å². The number of hydrogen-bond donors (Lipinski definition) is 1. The molecular weight excluding hydrogens is 276 g/mol. The normalized spacial score (nSPS) is 12.0. The third-order valence-electron chi connectivity index (χ3n) is 3.75. The smallest absolute Gasteiger partial charge is 0.293 e. The molecule has 110 valence electrons. The minimum Gasteiger partial charge on any atom is -0.293 e. The van der Waals surface area contributed by atoms with Crippen LogP contribution in [0.2, 0.25) is 0 Å². The predicted molar refractivity (Wildman–Crippen MR) is 87.0 cm³/mol. The molecule has 0 bridgehead atoms. The minimum atomic E-state index is -0.402. The Labute approximate surface area is 127 Å². The number of aromatic nitrogens is 2. The third kappa shape index (κ3) is 2.63. The lowest BCUT2D eigenvalue weighted by Gasteiger charge is -2.16. The van der Waals surface area contributed by atoms with Gasteiger partial charge in [-0.15, -0.1) is 0 Å². The van der Waals surface area contributed by atoms with Crippen molar-refractivity contribution < 1.29 is 0 Å². The van der Waals surface area contributed by atoms with Crippen LogP contribution in [-0.4, -0.2) is 9.55 Å². The lowest BCUT2D eigenvalue weighted by molar-refractivity contribution is 0.596. The zero-order valence-corrected chi connectivity index (χ0v) is 12.2. The van der Waals surface area contributed by atoms with E-state index < -0.39 is 5.69 Å². The molecule has 0 amide bonds. The first kappa shape index (κ1) is 14.1. The molecule has 1 heterocycles. The van der Waals surface area contributed by atoms with Crippen molar-refractivity contribution in [3.05, 3.63) is 93.3 Å². The molecule has 1 atom stereocenters. The molecule has 0 aliphatic heterocycles. The van der Waals surface area contributed by atoms with Crippen molar-refractivity contribution in [1.82, 2.24) is 9.55 Å². The van der Waals surface area contributed by atoms with E-state index in [0.717, 1.165) is 11.1 Å². The molecule has 0 saturated carbocycles. The predicted octanol–water partition coefficient (Wildman–Crippen LogP) is 2.81. The van der Waals surface area contributed by atoms with Gasteiger partial charge in [0.2, 0.25) is 0 Å². The summed E-state index contributed by atoms with van der Waals surface area (Å²) in [5.41, 5.74) is 1.52. The summed E-state index contributed by atoms with van der Waals surface area (Å²) in [5.74, 6) is 0. The zero-order valence-electron chi connectivity index (χ0n) is 12.2. The van der Waals surface area contributed by atoms with Gasteiger partial charge in [0.1, 0.15) is 0 Å². The van der Waals surface area contributed by atoms with Crippen LogP contribution < -0.4 is 11.2 Å². The second-order valence-corrected chi connectivity index (χ2v) is 5.16. The first-order valence-electron chi connectivity index (χ1n) is 7.12. The molecule has 0 spiro atoms. The molecule has 3 aromatic rings. The van der Waals surface area contributed by atoms with Crippen molar-refractivity contribution in [1.29, 1.82) is 0 Å². The highest BCUT2D eigenvalue weighted by atomic mass is 16.2. The van der Waals surface area contributed by atoms with Crippen molar-refractivity contribution in [2.75, 3.05) is 0 Å². The van der Waals surface area contributed by atoms with Crippen LogP contribution in [-0.2, 0) is 0 Å². The molecule has 1 N–H and O–H groups in total. The van der Waals surface area contributed by atoms with Crippen LogP contribution in [0.3, 0.4) is 0 Å². The average molecular weight is 292 g/mol. The summed E-state index contributed by atoms with van der Waals surface area (Å²) in [6.45, 7) is 1.93. The number of hydrogen-bond acceptors (Lipinski definition) is 2. The Hall–Kier alpha value is -2.88. The molecule has 0 radical (unpaired) electrons. The van der Waals surface area contributed by atoms with E-state index in [-0.39, 0.29) is 11.6 Å². The molecule has 3 rings (SSSR count). The van der Waals surface area contributed by atoms with Crippen molar-refractivity contribution in [2.45, 2.75) is 13.0 Å². The Morgan fingerprint density at radius 3 is 2.14 bits per heavy atom. The van der Waals surface area contributed by atoms with Crippen molar-refractivity contribution in [3.8, 4) is 11.1 Å². The number of benzene rings is 2. The van der Waals surface area contributed by atoms with Gasteiger partial charge in [0.25, 0.3) is 5.56 Å². The van der Waals surface area contributed by atoms with Gasteiger partial charge in [-0.25, -0.2) is 4.79 Å². The van der Waals surface area contributed by atoms with Crippen LogP contribution in [0.15, 0.2) is 76.4 Å². The minimum absolute atomic E-state index is 0.159. The third-order valence-corrected chi connectivity index (χ3v) is 3.75. The molecule has 1 unspecified atom stereocenters. The standard InChI is InChI=1S/C18H16N2O2/c1-13(14-8-4-2-5-9-14)20-12-16(17(21)19-18(20)22)15-10-6-3-7-11-15/h2-13H,1H3,(H,19,21,22). The van der Waals surface area contributed by atoms with E-state index in [0.29, 0.717) is 5.56 Å². The SMILES string of the molecule is CC(c1ccccc1)n1cc(-c2ccccc2)c(=O)[nH]c1=O. The van der Waals surface area contributed by atoms with Crippen LogP contribution in [0.25, 0.3) is 11.1 Å². The summed E-state index contributed by atoms with van der Waals surface area (Å²) in [6.07, 6.45) is 1.63. The summed E-state index contributed by atoms with van der Waals surface area (Å²) in [5, 5.41) is 0. The van der Waals surface area contributed by atoms with Gasteiger partial charge in [0.15, 0.2) is 0 Å². The Morgan fingerprint density at radius 2 is 1.50 bits per heavy atom. The van der Waals surface area contributed by atoms with Gasteiger partial charge in [-0.3, -0.25) is 14.3 Å². The summed E-state index contributed by atoms with van der Waals surface area (Å²) in [6, 6.07) is 18.9. The summed E-state index contributed by atoms with van der Waals surface area (Å²) >= 11 is 0. The molecule has 1 aromatic heterocycles. The maximum Gasteiger partial charge on any atom is 0.328 e. The van der Waals surface area contributed by atoms with Crippen LogP contribution in [0.4, 0.5) is 0 Å². The fourth-order valence-corrected chi connectivity index (χ4v) is 2.49. The van der Waals surface area contributed by atoms with Crippen LogP contribution >= 0.6 is 0 Å². The fourth-order valence-electron chi connectivity index (χ4n) is 2.49. The topological polar surface area (TPSA) is 54.9 Å². The zero-order chi connectivity index (χ0) is 15.5. The van der Waals surface area contributed by atoms with E-state index in [9.17, 15) is 9.59 Å². The molecule has 0 aliphatic rings. The maximum absolute atomic E-state index is 12.1. The lowest BCUT2D eigenvalue weighted by atomic mass is 10.1.